The lowest BCUT2D eigenvalue weighted by Gasteiger charge is -2.35. The molecule has 3 rings (SSSR count). The van der Waals surface area contributed by atoms with Gasteiger partial charge in [-0.25, -0.2) is 0 Å². The normalized spacial score (nSPS) is 23.0. The minimum atomic E-state index is -0.338. The number of likely N-dealkylation sites (tertiary alicyclic amines) is 2. The SMILES string of the molecule is C[C@H]1C[C@H](C)CN(C(=O)COC(=O)C2CCN(C(=O)c3ccc(Cl)cc3)CC2)C1. The summed E-state index contributed by atoms with van der Waals surface area (Å²) in [5.74, 6) is 0.164. The molecule has 0 unspecified atom stereocenters. The molecule has 2 aliphatic rings. The van der Waals surface area contributed by atoms with E-state index in [0.717, 1.165) is 19.5 Å². The number of esters is 1. The first kappa shape index (κ1) is 21.6. The molecule has 158 valence electrons. The minimum Gasteiger partial charge on any atom is -0.455 e. The van der Waals surface area contributed by atoms with E-state index in [2.05, 4.69) is 13.8 Å². The molecule has 2 heterocycles. The highest BCUT2D eigenvalue weighted by atomic mass is 35.5. The number of carbonyl (C=O) groups is 3. The van der Waals surface area contributed by atoms with E-state index >= 15 is 0 Å². The molecule has 0 N–H and O–H groups in total. The van der Waals surface area contributed by atoms with Gasteiger partial charge in [-0.3, -0.25) is 14.4 Å². The predicted octanol–water partition coefficient (Wildman–Crippen LogP) is 3.24. The third-order valence-electron chi connectivity index (χ3n) is 5.77. The van der Waals surface area contributed by atoms with Crippen molar-refractivity contribution in [2.45, 2.75) is 33.1 Å². The third-order valence-corrected chi connectivity index (χ3v) is 6.02. The second-order valence-corrected chi connectivity index (χ2v) is 8.86. The molecule has 2 amide bonds. The van der Waals surface area contributed by atoms with E-state index in [1.165, 1.54) is 0 Å². The van der Waals surface area contributed by atoms with Crippen LogP contribution in [0.5, 0.6) is 0 Å². The van der Waals surface area contributed by atoms with Crippen LogP contribution in [-0.4, -0.2) is 60.4 Å². The van der Waals surface area contributed by atoms with E-state index in [-0.39, 0.29) is 30.3 Å². The fraction of sp³-hybridized carbons (Fsp3) is 0.591. The summed E-state index contributed by atoms with van der Waals surface area (Å²) in [6, 6.07) is 6.80. The van der Waals surface area contributed by atoms with Crippen molar-refractivity contribution in [1.82, 2.24) is 9.80 Å². The van der Waals surface area contributed by atoms with E-state index in [1.807, 2.05) is 0 Å². The molecule has 2 fully saturated rings. The van der Waals surface area contributed by atoms with Crippen LogP contribution in [0.2, 0.25) is 5.02 Å². The topological polar surface area (TPSA) is 66.9 Å². The van der Waals surface area contributed by atoms with Crippen LogP contribution in [0, 0.1) is 17.8 Å². The van der Waals surface area contributed by atoms with E-state index < -0.39 is 0 Å². The smallest absolute Gasteiger partial charge is 0.309 e. The van der Waals surface area contributed by atoms with Gasteiger partial charge < -0.3 is 14.5 Å². The number of hydrogen-bond acceptors (Lipinski definition) is 4. The number of carbonyl (C=O) groups excluding carboxylic acids is 3. The number of halogens is 1. The molecule has 0 bridgehead atoms. The number of benzene rings is 1. The van der Waals surface area contributed by atoms with Gasteiger partial charge in [0.15, 0.2) is 6.61 Å². The van der Waals surface area contributed by atoms with Crippen LogP contribution >= 0.6 is 11.6 Å². The zero-order valence-corrected chi connectivity index (χ0v) is 17.9. The Balaban J connectivity index is 1.43. The van der Waals surface area contributed by atoms with Crippen LogP contribution in [-0.2, 0) is 14.3 Å². The molecule has 0 aromatic heterocycles. The first-order valence-electron chi connectivity index (χ1n) is 10.3. The van der Waals surface area contributed by atoms with Crippen LogP contribution in [0.25, 0.3) is 0 Å². The van der Waals surface area contributed by atoms with Crippen molar-refractivity contribution in [3.8, 4) is 0 Å². The Kier molecular flexibility index (Phi) is 7.17. The van der Waals surface area contributed by atoms with Crippen LogP contribution in [0.4, 0.5) is 0 Å². The Labute approximate surface area is 177 Å². The van der Waals surface area contributed by atoms with E-state index in [0.29, 0.717) is 48.4 Å². The van der Waals surface area contributed by atoms with Crippen LogP contribution in [0.15, 0.2) is 24.3 Å². The largest absolute Gasteiger partial charge is 0.455 e. The van der Waals surface area contributed by atoms with Gasteiger partial charge >= 0.3 is 5.97 Å². The number of nitrogens with zero attached hydrogens (tertiary/aromatic N) is 2. The van der Waals surface area contributed by atoms with Gasteiger partial charge in [-0.15, -0.1) is 0 Å². The second kappa shape index (κ2) is 9.61. The van der Waals surface area contributed by atoms with Crippen molar-refractivity contribution in [1.29, 1.82) is 0 Å². The van der Waals surface area contributed by atoms with E-state index in [9.17, 15) is 14.4 Å². The molecule has 29 heavy (non-hydrogen) atoms. The summed E-state index contributed by atoms with van der Waals surface area (Å²) in [7, 11) is 0. The maximum Gasteiger partial charge on any atom is 0.309 e. The number of rotatable bonds is 4. The Morgan fingerprint density at radius 2 is 1.59 bits per heavy atom. The quantitative estimate of drug-likeness (QED) is 0.701. The van der Waals surface area contributed by atoms with E-state index in [4.69, 9.17) is 16.3 Å². The average molecular weight is 421 g/mol. The van der Waals surface area contributed by atoms with Crippen molar-refractivity contribution in [3.05, 3.63) is 34.9 Å². The molecule has 7 heteroatoms. The summed E-state index contributed by atoms with van der Waals surface area (Å²) in [6.07, 6.45) is 2.21. The zero-order valence-electron chi connectivity index (χ0n) is 17.1. The van der Waals surface area contributed by atoms with Crippen LogP contribution in [0.3, 0.4) is 0 Å². The summed E-state index contributed by atoms with van der Waals surface area (Å²) in [4.78, 5) is 40.9. The molecule has 2 saturated heterocycles. The van der Waals surface area contributed by atoms with Gasteiger partial charge in [-0.1, -0.05) is 25.4 Å². The van der Waals surface area contributed by atoms with Crippen LogP contribution < -0.4 is 0 Å². The van der Waals surface area contributed by atoms with Gasteiger partial charge in [0.2, 0.25) is 0 Å². The Morgan fingerprint density at radius 3 is 2.17 bits per heavy atom. The van der Waals surface area contributed by atoms with E-state index in [1.54, 1.807) is 34.1 Å². The van der Waals surface area contributed by atoms with Gasteiger partial charge in [0.25, 0.3) is 11.8 Å². The van der Waals surface area contributed by atoms with Gasteiger partial charge in [-0.05, 0) is 55.4 Å². The standard InChI is InChI=1S/C22H29ClN2O4/c1-15-11-16(2)13-25(12-15)20(26)14-29-22(28)18-7-9-24(10-8-18)21(27)17-3-5-19(23)6-4-17/h3-6,15-16,18H,7-14H2,1-2H3/t15-,16-/m0/s1. The molecular weight excluding hydrogens is 392 g/mol. The lowest BCUT2D eigenvalue weighted by Crippen LogP contribution is -2.45. The number of ether oxygens (including phenoxy) is 1. The lowest BCUT2D eigenvalue weighted by molar-refractivity contribution is -0.157. The van der Waals surface area contributed by atoms with Crippen molar-refractivity contribution in [2.24, 2.45) is 17.8 Å². The van der Waals surface area contributed by atoms with Gasteiger partial charge in [0, 0.05) is 36.8 Å². The highest BCUT2D eigenvalue weighted by Gasteiger charge is 2.30. The number of hydrogen-bond donors (Lipinski definition) is 0. The number of piperidine rings is 2. The van der Waals surface area contributed by atoms with Gasteiger partial charge in [-0.2, -0.15) is 0 Å². The van der Waals surface area contributed by atoms with Crippen molar-refractivity contribution < 1.29 is 19.1 Å². The van der Waals surface area contributed by atoms with Crippen LogP contribution in [0.1, 0.15) is 43.5 Å². The molecule has 0 spiro atoms. The minimum absolute atomic E-state index is 0.0583. The summed E-state index contributed by atoms with van der Waals surface area (Å²) in [5, 5.41) is 0.589. The summed E-state index contributed by atoms with van der Waals surface area (Å²) in [6.45, 7) is 6.54. The highest BCUT2D eigenvalue weighted by Crippen LogP contribution is 2.23. The van der Waals surface area contributed by atoms with Crippen molar-refractivity contribution >= 4 is 29.4 Å². The predicted molar refractivity (Wildman–Crippen MR) is 111 cm³/mol. The molecule has 0 radical (unpaired) electrons. The third kappa shape index (κ3) is 5.72. The molecule has 0 saturated carbocycles. The Hall–Kier alpha value is -2.08. The molecule has 2 aliphatic heterocycles. The Bertz CT molecular complexity index is 734. The zero-order chi connectivity index (χ0) is 21.0. The summed E-state index contributed by atoms with van der Waals surface area (Å²) < 4.78 is 5.31. The first-order chi connectivity index (χ1) is 13.8. The Morgan fingerprint density at radius 1 is 1.00 bits per heavy atom. The first-order valence-corrected chi connectivity index (χ1v) is 10.7. The molecule has 1 aromatic rings. The maximum atomic E-state index is 12.5. The highest BCUT2D eigenvalue weighted by molar-refractivity contribution is 6.30. The van der Waals surface area contributed by atoms with Gasteiger partial charge in [0.1, 0.15) is 0 Å². The average Bonchev–Trinajstić information content (AvgIpc) is 2.71. The fourth-order valence-electron chi connectivity index (χ4n) is 4.30. The van der Waals surface area contributed by atoms with Crippen molar-refractivity contribution in [2.75, 3.05) is 32.8 Å². The summed E-state index contributed by atoms with van der Waals surface area (Å²) >= 11 is 5.87. The molecule has 6 nitrogen and oxygen atoms in total. The fourth-order valence-corrected chi connectivity index (χ4v) is 4.43. The molecule has 2 atom stereocenters. The molecular formula is C22H29ClN2O4. The monoisotopic (exact) mass is 420 g/mol. The maximum absolute atomic E-state index is 12.5. The molecule has 0 aliphatic carbocycles. The van der Waals surface area contributed by atoms with Crippen molar-refractivity contribution in [3.63, 3.8) is 0 Å². The second-order valence-electron chi connectivity index (χ2n) is 8.43. The number of amides is 2. The van der Waals surface area contributed by atoms with Gasteiger partial charge in [0.05, 0.1) is 5.92 Å². The summed E-state index contributed by atoms with van der Waals surface area (Å²) in [5.41, 5.74) is 0.589. The lowest BCUT2D eigenvalue weighted by atomic mass is 9.92. The molecule has 1 aromatic carbocycles.